The summed E-state index contributed by atoms with van der Waals surface area (Å²) in [6.45, 7) is 3.23. The minimum Gasteiger partial charge on any atom is -0.385 e. The molecule has 0 unspecified atom stereocenters. The van der Waals surface area contributed by atoms with Gasteiger partial charge in [-0.05, 0) is 42.9 Å². The van der Waals surface area contributed by atoms with Gasteiger partial charge in [0.15, 0.2) is 0 Å². The SMILES string of the molecule is CC1CCC(CNc2ccc(F)c(C#N)c2)CC1. The molecular weight excluding hydrogens is 227 g/mol. The molecule has 1 aromatic rings. The van der Waals surface area contributed by atoms with Crippen LogP contribution in [-0.2, 0) is 0 Å². The second kappa shape index (κ2) is 5.86. The first-order valence-corrected chi connectivity index (χ1v) is 6.62. The average molecular weight is 246 g/mol. The summed E-state index contributed by atoms with van der Waals surface area (Å²) in [5.41, 5.74) is 0.948. The predicted octanol–water partition coefficient (Wildman–Crippen LogP) is 3.94. The summed E-state index contributed by atoms with van der Waals surface area (Å²) < 4.78 is 13.2. The van der Waals surface area contributed by atoms with E-state index in [1.54, 1.807) is 12.1 Å². The molecule has 0 bridgehead atoms. The van der Waals surface area contributed by atoms with Crippen molar-refractivity contribution in [3.8, 4) is 6.07 Å². The van der Waals surface area contributed by atoms with Crippen molar-refractivity contribution in [3.63, 3.8) is 0 Å². The minimum atomic E-state index is -0.449. The van der Waals surface area contributed by atoms with E-state index in [1.165, 1.54) is 31.7 Å². The first kappa shape index (κ1) is 12.9. The molecule has 0 atom stereocenters. The fraction of sp³-hybridized carbons (Fsp3) is 0.533. The second-order valence-corrected chi connectivity index (χ2v) is 5.31. The van der Waals surface area contributed by atoms with Crippen LogP contribution in [0.3, 0.4) is 0 Å². The first-order chi connectivity index (χ1) is 8.69. The maximum atomic E-state index is 13.2. The number of halogens is 1. The van der Waals surface area contributed by atoms with Crippen molar-refractivity contribution in [3.05, 3.63) is 29.6 Å². The highest BCUT2D eigenvalue weighted by Crippen LogP contribution is 2.28. The lowest BCUT2D eigenvalue weighted by Crippen LogP contribution is -2.20. The molecule has 0 heterocycles. The van der Waals surface area contributed by atoms with Gasteiger partial charge < -0.3 is 5.32 Å². The molecule has 1 N–H and O–H groups in total. The van der Waals surface area contributed by atoms with E-state index in [9.17, 15) is 4.39 Å². The molecule has 0 amide bonds. The molecule has 0 aliphatic heterocycles. The number of nitriles is 1. The van der Waals surface area contributed by atoms with Gasteiger partial charge in [-0.2, -0.15) is 5.26 Å². The summed E-state index contributed by atoms with van der Waals surface area (Å²) in [5.74, 6) is 1.11. The molecule has 96 valence electrons. The molecule has 0 radical (unpaired) electrons. The van der Waals surface area contributed by atoms with Gasteiger partial charge in [-0.15, -0.1) is 0 Å². The molecule has 0 spiro atoms. The topological polar surface area (TPSA) is 35.8 Å². The summed E-state index contributed by atoms with van der Waals surface area (Å²) in [6.07, 6.45) is 5.14. The van der Waals surface area contributed by atoms with Crippen LogP contribution in [0.4, 0.5) is 10.1 Å². The van der Waals surface area contributed by atoms with Gasteiger partial charge in [0.2, 0.25) is 0 Å². The summed E-state index contributed by atoms with van der Waals surface area (Å²) in [4.78, 5) is 0. The Morgan fingerprint density at radius 2 is 2.06 bits per heavy atom. The normalized spacial score (nSPS) is 23.4. The molecule has 3 heteroatoms. The van der Waals surface area contributed by atoms with Gasteiger partial charge in [0.25, 0.3) is 0 Å². The van der Waals surface area contributed by atoms with Crippen molar-refractivity contribution in [2.24, 2.45) is 11.8 Å². The Labute approximate surface area is 108 Å². The van der Waals surface area contributed by atoms with E-state index < -0.39 is 5.82 Å². The number of benzene rings is 1. The van der Waals surface area contributed by atoms with Crippen LogP contribution in [-0.4, -0.2) is 6.54 Å². The summed E-state index contributed by atoms with van der Waals surface area (Å²) in [6, 6.07) is 6.50. The van der Waals surface area contributed by atoms with Gasteiger partial charge in [0, 0.05) is 12.2 Å². The van der Waals surface area contributed by atoms with Crippen LogP contribution in [0, 0.1) is 29.0 Å². The van der Waals surface area contributed by atoms with E-state index in [1.807, 2.05) is 6.07 Å². The number of nitrogens with one attached hydrogen (secondary N) is 1. The van der Waals surface area contributed by atoms with Crippen molar-refractivity contribution in [2.75, 3.05) is 11.9 Å². The Kier molecular flexibility index (Phi) is 4.19. The van der Waals surface area contributed by atoms with Gasteiger partial charge in [-0.1, -0.05) is 19.8 Å². The van der Waals surface area contributed by atoms with Gasteiger partial charge in [0.1, 0.15) is 11.9 Å². The predicted molar refractivity (Wildman–Crippen MR) is 70.7 cm³/mol. The zero-order valence-corrected chi connectivity index (χ0v) is 10.7. The lowest BCUT2D eigenvalue weighted by Gasteiger charge is -2.26. The Morgan fingerprint density at radius 1 is 1.33 bits per heavy atom. The summed E-state index contributed by atoms with van der Waals surface area (Å²) in [7, 11) is 0. The third-order valence-electron chi connectivity index (χ3n) is 3.82. The quantitative estimate of drug-likeness (QED) is 0.877. The fourth-order valence-corrected chi connectivity index (χ4v) is 2.52. The van der Waals surface area contributed by atoms with E-state index in [-0.39, 0.29) is 5.56 Å². The average Bonchev–Trinajstić information content (AvgIpc) is 2.39. The zero-order valence-electron chi connectivity index (χ0n) is 10.7. The molecular formula is C15H19FN2. The third-order valence-corrected chi connectivity index (χ3v) is 3.82. The largest absolute Gasteiger partial charge is 0.385 e. The summed E-state index contributed by atoms with van der Waals surface area (Å²) in [5, 5.41) is 12.1. The van der Waals surface area contributed by atoms with Crippen molar-refractivity contribution < 1.29 is 4.39 Å². The minimum absolute atomic E-state index is 0.109. The highest BCUT2D eigenvalue weighted by Gasteiger charge is 2.17. The second-order valence-electron chi connectivity index (χ2n) is 5.31. The summed E-state index contributed by atoms with van der Waals surface area (Å²) >= 11 is 0. The highest BCUT2D eigenvalue weighted by molar-refractivity contribution is 5.49. The van der Waals surface area contributed by atoms with Crippen LogP contribution in [0.1, 0.15) is 38.2 Å². The number of rotatable bonds is 3. The molecule has 1 fully saturated rings. The van der Waals surface area contributed by atoms with Crippen molar-refractivity contribution >= 4 is 5.69 Å². The fourth-order valence-electron chi connectivity index (χ4n) is 2.52. The van der Waals surface area contributed by atoms with Crippen LogP contribution in [0.15, 0.2) is 18.2 Å². The molecule has 2 rings (SSSR count). The van der Waals surface area contributed by atoms with E-state index in [2.05, 4.69) is 12.2 Å². The van der Waals surface area contributed by atoms with Crippen LogP contribution < -0.4 is 5.32 Å². The third kappa shape index (κ3) is 3.22. The first-order valence-electron chi connectivity index (χ1n) is 6.62. The molecule has 0 saturated heterocycles. The maximum absolute atomic E-state index is 13.2. The van der Waals surface area contributed by atoms with E-state index in [4.69, 9.17) is 5.26 Å². The van der Waals surface area contributed by atoms with Crippen molar-refractivity contribution in [1.82, 2.24) is 0 Å². The lowest BCUT2D eigenvalue weighted by atomic mass is 9.83. The highest BCUT2D eigenvalue weighted by atomic mass is 19.1. The Morgan fingerprint density at radius 3 is 2.72 bits per heavy atom. The van der Waals surface area contributed by atoms with E-state index in [0.717, 1.165) is 18.2 Å². The molecule has 0 aromatic heterocycles. The number of nitrogens with zero attached hydrogens (tertiary/aromatic N) is 1. The van der Waals surface area contributed by atoms with Gasteiger partial charge in [0.05, 0.1) is 5.56 Å². The molecule has 1 aromatic carbocycles. The Bertz CT molecular complexity index is 442. The van der Waals surface area contributed by atoms with Gasteiger partial charge >= 0.3 is 0 Å². The smallest absolute Gasteiger partial charge is 0.141 e. The standard InChI is InChI=1S/C15H19FN2/c1-11-2-4-12(5-3-11)10-18-14-6-7-15(16)13(8-14)9-17/h6-8,11-12,18H,2-5,10H2,1H3. The van der Waals surface area contributed by atoms with Crippen molar-refractivity contribution in [1.29, 1.82) is 5.26 Å². The van der Waals surface area contributed by atoms with Crippen LogP contribution in [0.25, 0.3) is 0 Å². The number of anilines is 1. The van der Waals surface area contributed by atoms with Crippen LogP contribution >= 0.6 is 0 Å². The molecule has 18 heavy (non-hydrogen) atoms. The van der Waals surface area contributed by atoms with Crippen LogP contribution in [0.2, 0.25) is 0 Å². The molecule has 1 aliphatic rings. The van der Waals surface area contributed by atoms with Crippen LogP contribution in [0.5, 0.6) is 0 Å². The molecule has 2 nitrogen and oxygen atoms in total. The number of hydrogen-bond donors (Lipinski definition) is 1. The van der Waals surface area contributed by atoms with E-state index in [0.29, 0.717) is 5.92 Å². The Balaban J connectivity index is 1.89. The van der Waals surface area contributed by atoms with Gasteiger partial charge in [-0.25, -0.2) is 4.39 Å². The van der Waals surface area contributed by atoms with E-state index >= 15 is 0 Å². The monoisotopic (exact) mass is 246 g/mol. The van der Waals surface area contributed by atoms with Gasteiger partial charge in [-0.3, -0.25) is 0 Å². The number of hydrogen-bond acceptors (Lipinski definition) is 2. The lowest BCUT2D eigenvalue weighted by molar-refractivity contribution is 0.300. The molecule has 1 aliphatic carbocycles. The Hall–Kier alpha value is -1.56. The maximum Gasteiger partial charge on any atom is 0.141 e. The van der Waals surface area contributed by atoms with Crippen molar-refractivity contribution in [2.45, 2.75) is 32.6 Å². The molecule has 1 saturated carbocycles. The zero-order chi connectivity index (χ0) is 13.0.